The topological polar surface area (TPSA) is 82.9 Å². The summed E-state index contributed by atoms with van der Waals surface area (Å²) in [5, 5.41) is 17.6. The van der Waals surface area contributed by atoms with Crippen LogP contribution in [0.2, 0.25) is 15.1 Å². The minimum absolute atomic E-state index is 0.191. The van der Waals surface area contributed by atoms with Crippen LogP contribution in [0, 0.1) is 6.92 Å². The van der Waals surface area contributed by atoms with Gasteiger partial charge in [-0.25, -0.2) is 5.01 Å². The van der Waals surface area contributed by atoms with Crippen molar-refractivity contribution in [3.8, 4) is 11.1 Å². The quantitative estimate of drug-likeness (QED) is 0.259. The van der Waals surface area contributed by atoms with Gasteiger partial charge in [-0.3, -0.25) is 14.6 Å². The van der Waals surface area contributed by atoms with Gasteiger partial charge < -0.3 is 5.11 Å². The summed E-state index contributed by atoms with van der Waals surface area (Å²) in [7, 11) is 0. The molecule has 0 aliphatic carbocycles. The number of aromatic nitrogens is 1. The molecule has 1 N–H and O–H groups in total. The van der Waals surface area contributed by atoms with Crippen LogP contribution in [0.5, 0.6) is 0 Å². The van der Waals surface area contributed by atoms with Crippen LogP contribution in [0.3, 0.4) is 0 Å². The van der Waals surface area contributed by atoms with E-state index in [9.17, 15) is 9.59 Å². The zero-order valence-corrected chi connectivity index (χ0v) is 22.6. The number of carboxylic acid groups (broad SMARTS) is 1. The molecule has 0 unspecified atom stereocenters. The van der Waals surface area contributed by atoms with E-state index in [0.29, 0.717) is 32.8 Å². The van der Waals surface area contributed by atoms with Crippen LogP contribution in [0.25, 0.3) is 22.0 Å². The number of carbonyl (C=O) groups excluding carboxylic acids is 1. The molecular formula is C29H22Cl3N3O3. The maximum Gasteiger partial charge on any atom is 0.303 e. The number of aliphatic carboxylic acids is 1. The second-order valence-electron chi connectivity index (χ2n) is 9.04. The van der Waals surface area contributed by atoms with E-state index in [2.05, 4.69) is 0 Å². The molecule has 192 valence electrons. The Morgan fingerprint density at radius 3 is 2.37 bits per heavy atom. The number of benzene rings is 3. The maximum absolute atomic E-state index is 13.2. The fourth-order valence-corrected chi connectivity index (χ4v) is 5.56. The molecule has 1 amide bonds. The monoisotopic (exact) mass is 565 g/mol. The molecule has 1 aliphatic heterocycles. The van der Waals surface area contributed by atoms with Crippen LogP contribution >= 0.6 is 34.8 Å². The van der Waals surface area contributed by atoms with E-state index in [1.54, 1.807) is 24.3 Å². The van der Waals surface area contributed by atoms with Crippen LogP contribution in [-0.4, -0.2) is 32.7 Å². The molecule has 0 radical (unpaired) electrons. The lowest BCUT2D eigenvalue weighted by molar-refractivity contribution is -0.141. The van der Waals surface area contributed by atoms with Gasteiger partial charge in [0.15, 0.2) is 0 Å². The third-order valence-corrected chi connectivity index (χ3v) is 7.32. The number of pyridine rings is 1. The number of hydrazone groups is 1. The number of fused-ring (bicyclic) bond motifs is 1. The summed E-state index contributed by atoms with van der Waals surface area (Å²) in [5.41, 5.74) is 5.53. The van der Waals surface area contributed by atoms with Crippen LogP contribution in [0.4, 0.5) is 0 Å². The van der Waals surface area contributed by atoms with E-state index in [1.807, 2.05) is 49.4 Å². The van der Waals surface area contributed by atoms with Gasteiger partial charge in [0, 0.05) is 50.1 Å². The van der Waals surface area contributed by atoms with Gasteiger partial charge in [-0.15, -0.1) is 0 Å². The molecular weight excluding hydrogens is 545 g/mol. The normalized spacial score (nSPS) is 15.1. The number of hydrogen-bond donors (Lipinski definition) is 1. The molecule has 1 aromatic heterocycles. The van der Waals surface area contributed by atoms with Gasteiger partial charge >= 0.3 is 5.97 Å². The van der Waals surface area contributed by atoms with Crippen molar-refractivity contribution in [3.63, 3.8) is 0 Å². The summed E-state index contributed by atoms with van der Waals surface area (Å²) in [6.45, 7) is 1.91. The molecule has 0 fully saturated rings. The third-order valence-electron chi connectivity index (χ3n) is 6.52. The van der Waals surface area contributed by atoms with Crippen molar-refractivity contribution in [2.45, 2.75) is 32.2 Å². The molecule has 1 aliphatic rings. The number of nitrogens with zero attached hydrogens (tertiary/aromatic N) is 3. The van der Waals surface area contributed by atoms with Gasteiger partial charge in [-0.05, 0) is 48.4 Å². The average molecular weight is 567 g/mol. The Balaban J connectivity index is 1.70. The number of halogens is 3. The van der Waals surface area contributed by atoms with Gasteiger partial charge in [0.1, 0.15) is 0 Å². The van der Waals surface area contributed by atoms with Crippen LogP contribution < -0.4 is 0 Å². The third kappa shape index (κ3) is 5.12. The first-order valence-corrected chi connectivity index (χ1v) is 13.1. The van der Waals surface area contributed by atoms with E-state index in [1.165, 1.54) is 5.01 Å². The average Bonchev–Trinajstić information content (AvgIpc) is 3.32. The lowest BCUT2D eigenvalue weighted by Crippen LogP contribution is -2.27. The zero-order chi connectivity index (χ0) is 27.0. The smallest absolute Gasteiger partial charge is 0.303 e. The summed E-state index contributed by atoms with van der Waals surface area (Å²) in [4.78, 5) is 29.3. The highest BCUT2D eigenvalue weighted by Crippen LogP contribution is 2.42. The van der Waals surface area contributed by atoms with Gasteiger partial charge in [0.25, 0.3) is 0 Å². The number of aryl methyl sites for hydroxylation is 1. The fraction of sp³-hybridized carbons (Fsp3) is 0.172. The Kier molecular flexibility index (Phi) is 7.39. The van der Waals surface area contributed by atoms with Crippen molar-refractivity contribution in [2.24, 2.45) is 5.10 Å². The highest BCUT2D eigenvalue weighted by atomic mass is 35.5. The lowest BCUT2D eigenvalue weighted by Gasteiger charge is -2.23. The van der Waals surface area contributed by atoms with Crippen molar-refractivity contribution < 1.29 is 14.7 Å². The first kappa shape index (κ1) is 26.2. The SMILES string of the molecule is Cc1nc2ccc(Cl)cc2c(-c2ccccc2)c1C1=NN(C(=O)CCC(=O)O)[C@H](c2ccc(Cl)cc2Cl)C1. The van der Waals surface area contributed by atoms with E-state index >= 15 is 0 Å². The Hall–Kier alpha value is -3.45. The predicted molar refractivity (Wildman–Crippen MR) is 151 cm³/mol. The van der Waals surface area contributed by atoms with Crippen molar-refractivity contribution in [3.05, 3.63) is 98.6 Å². The fourth-order valence-electron chi connectivity index (χ4n) is 4.85. The second kappa shape index (κ2) is 10.7. The Labute approximate surface area is 234 Å². The Bertz CT molecular complexity index is 1610. The summed E-state index contributed by atoms with van der Waals surface area (Å²) < 4.78 is 0. The number of carbonyl (C=O) groups is 2. The summed E-state index contributed by atoms with van der Waals surface area (Å²) in [6.07, 6.45) is -0.135. The van der Waals surface area contributed by atoms with Crippen LogP contribution in [-0.2, 0) is 9.59 Å². The van der Waals surface area contributed by atoms with E-state index < -0.39 is 17.9 Å². The minimum Gasteiger partial charge on any atom is -0.481 e. The minimum atomic E-state index is -1.05. The van der Waals surface area contributed by atoms with Crippen LogP contribution in [0.1, 0.15) is 42.1 Å². The molecule has 0 saturated heterocycles. The van der Waals surface area contributed by atoms with Crippen molar-refractivity contribution >= 4 is 63.3 Å². The van der Waals surface area contributed by atoms with Gasteiger partial charge in [-0.1, -0.05) is 71.2 Å². The molecule has 4 aromatic rings. The molecule has 6 nitrogen and oxygen atoms in total. The van der Waals surface area contributed by atoms with Gasteiger partial charge in [0.2, 0.25) is 5.91 Å². The second-order valence-corrected chi connectivity index (χ2v) is 10.3. The number of hydrogen-bond acceptors (Lipinski definition) is 4. The number of carboxylic acids is 1. The Morgan fingerprint density at radius 2 is 1.66 bits per heavy atom. The number of rotatable bonds is 6. The summed E-state index contributed by atoms with van der Waals surface area (Å²) in [6, 6.07) is 20.0. The first-order chi connectivity index (χ1) is 18.2. The predicted octanol–water partition coefficient (Wildman–Crippen LogP) is 7.71. The molecule has 0 saturated carbocycles. The van der Waals surface area contributed by atoms with Gasteiger partial charge in [-0.2, -0.15) is 5.10 Å². The molecule has 0 spiro atoms. The molecule has 0 bridgehead atoms. The van der Waals surface area contributed by atoms with Gasteiger partial charge in [0.05, 0.1) is 23.7 Å². The summed E-state index contributed by atoms with van der Waals surface area (Å²) in [5.74, 6) is -1.46. The zero-order valence-electron chi connectivity index (χ0n) is 20.3. The number of amides is 1. The molecule has 1 atom stereocenters. The lowest BCUT2D eigenvalue weighted by atomic mass is 9.89. The van der Waals surface area contributed by atoms with Crippen molar-refractivity contribution in [2.75, 3.05) is 0 Å². The molecule has 3 aromatic carbocycles. The highest BCUT2D eigenvalue weighted by Gasteiger charge is 2.36. The largest absolute Gasteiger partial charge is 0.481 e. The molecule has 5 rings (SSSR count). The van der Waals surface area contributed by atoms with E-state index in [0.717, 1.165) is 33.3 Å². The highest BCUT2D eigenvalue weighted by molar-refractivity contribution is 6.35. The van der Waals surface area contributed by atoms with E-state index in [-0.39, 0.29) is 12.8 Å². The van der Waals surface area contributed by atoms with E-state index in [4.69, 9.17) is 50.0 Å². The first-order valence-electron chi connectivity index (χ1n) is 11.9. The van der Waals surface area contributed by atoms with Crippen molar-refractivity contribution in [1.82, 2.24) is 9.99 Å². The molecule has 9 heteroatoms. The standard InChI is InChI=1S/C29H22Cl3N3O3/c1-16-28(29(17-5-3-2-4-6-17)21-13-18(30)8-10-23(21)33-16)24-15-25(20-9-7-19(31)14-22(20)32)35(34-24)26(36)11-12-27(37)38/h2-10,13-14,25H,11-12,15H2,1H3,(H,37,38)/t25-/m0/s1. The van der Waals surface area contributed by atoms with Crippen molar-refractivity contribution in [1.29, 1.82) is 0 Å². The Morgan fingerprint density at radius 1 is 0.947 bits per heavy atom. The maximum atomic E-state index is 13.2. The molecule has 38 heavy (non-hydrogen) atoms. The van der Waals surface area contributed by atoms with Crippen LogP contribution in [0.15, 0.2) is 71.8 Å². The summed E-state index contributed by atoms with van der Waals surface area (Å²) >= 11 is 19.1. The molecule has 2 heterocycles.